The quantitative estimate of drug-likeness (QED) is 0.436. The Labute approximate surface area is 186 Å². The highest BCUT2D eigenvalue weighted by molar-refractivity contribution is 6.33. The third-order valence-electron chi connectivity index (χ3n) is 5.23. The summed E-state index contributed by atoms with van der Waals surface area (Å²) in [4.78, 5) is 25.5. The predicted octanol–water partition coefficient (Wildman–Crippen LogP) is 3.75. The number of nitrogens with zero attached hydrogens (tertiary/aromatic N) is 5. The van der Waals surface area contributed by atoms with Crippen molar-refractivity contribution in [1.82, 2.24) is 29.1 Å². The topological polar surface area (TPSA) is 103 Å². The molecule has 8 nitrogen and oxygen atoms in total. The first-order valence-electron chi connectivity index (χ1n) is 9.67. The van der Waals surface area contributed by atoms with Crippen molar-refractivity contribution in [1.29, 1.82) is 0 Å². The second kappa shape index (κ2) is 7.31. The molecule has 0 fully saturated rings. The number of hydrogen-bond acceptors (Lipinski definition) is 5. The highest BCUT2D eigenvalue weighted by atomic mass is 35.5. The van der Waals surface area contributed by atoms with Crippen molar-refractivity contribution in [3.8, 4) is 22.5 Å². The highest BCUT2D eigenvalue weighted by Gasteiger charge is 2.21. The average Bonchev–Trinajstić information content (AvgIpc) is 3.39. The van der Waals surface area contributed by atoms with Crippen molar-refractivity contribution in [3.05, 3.63) is 71.2 Å². The summed E-state index contributed by atoms with van der Waals surface area (Å²) < 4.78 is 17.2. The minimum atomic E-state index is -0.368. The number of rotatable bonds is 3. The lowest BCUT2D eigenvalue weighted by molar-refractivity contribution is 0.0959. The Balaban J connectivity index is 1.90. The molecule has 5 rings (SSSR count). The molecule has 0 atom stereocenters. The fourth-order valence-electron chi connectivity index (χ4n) is 3.68. The largest absolute Gasteiger partial charge is 0.381 e. The molecule has 32 heavy (non-hydrogen) atoms. The van der Waals surface area contributed by atoms with Gasteiger partial charge in [0.15, 0.2) is 17.1 Å². The molecule has 0 saturated carbocycles. The van der Waals surface area contributed by atoms with Gasteiger partial charge in [0.05, 0.1) is 16.4 Å². The summed E-state index contributed by atoms with van der Waals surface area (Å²) in [5, 5.41) is 3.00. The maximum absolute atomic E-state index is 13.6. The van der Waals surface area contributed by atoms with Gasteiger partial charge in [0.25, 0.3) is 5.91 Å². The molecule has 0 saturated heterocycles. The minimum Gasteiger partial charge on any atom is -0.381 e. The lowest BCUT2D eigenvalue weighted by atomic mass is 10.0. The Morgan fingerprint density at radius 3 is 2.56 bits per heavy atom. The van der Waals surface area contributed by atoms with E-state index in [2.05, 4.69) is 20.3 Å². The maximum Gasteiger partial charge on any atom is 0.271 e. The third-order valence-corrected chi connectivity index (χ3v) is 5.51. The smallest absolute Gasteiger partial charge is 0.271 e. The van der Waals surface area contributed by atoms with Crippen LogP contribution in [0.2, 0.25) is 5.02 Å². The first kappa shape index (κ1) is 20.0. The van der Waals surface area contributed by atoms with Gasteiger partial charge in [-0.2, -0.15) is 0 Å². The highest BCUT2D eigenvalue weighted by Crippen LogP contribution is 2.35. The van der Waals surface area contributed by atoms with Crippen LogP contribution in [0.1, 0.15) is 16.2 Å². The van der Waals surface area contributed by atoms with Crippen LogP contribution in [0.25, 0.3) is 33.8 Å². The molecule has 0 aliphatic heterocycles. The van der Waals surface area contributed by atoms with E-state index in [-0.39, 0.29) is 23.2 Å². The number of pyridine rings is 1. The van der Waals surface area contributed by atoms with Gasteiger partial charge >= 0.3 is 0 Å². The molecule has 1 aromatic carbocycles. The molecular formula is C22H17ClFN7O. The molecular weight excluding hydrogens is 433 g/mol. The molecule has 4 heterocycles. The second-order valence-electron chi connectivity index (χ2n) is 7.27. The number of amides is 1. The number of aromatic nitrogens is 5. The normalized spacial score (nSPS) is 11.4. The van der Waals surface area contributed by atoms with E-state index in [9.17, 15) is 9.18 Å². The monoisotopic (exact) mass is 449 g/mol. The van der Waals surface area contributed by atoms with Crippen molar-refractivity contribution >= 4 is 34.6 Å². The van der Waals surface area contributed by atoms with Crippen LogP contribution in [0.5, 0.6) is 0 Å². The van der Waals surface area contributed by atoms with E-state index in [1.807, 2.05) is 17.5 Å². The Hall–Kier alpha value is -3.98. The molecule has 1 amide bonds. The molecule has 0 radical (unpaired) electrons. The Morgan fingerprint density at radius 1 is 1.09 bits per heavy atom. The van der Waals surface area contributed by atoms with Crippen molar-refractivity contribution in [2.45, 2.75) is 6.92 Å². The molecule has 160 valence electrons. The number of carbonyl (C=O) groups excluding carboxylic acids is 1. The van der Waals surface area contributed by atoms with Crippen LogP contribution in [-0.4, -0.2) is 36.7 Å². The van der Waals surface area contributed by atoms with Crippen LogP contribution < -0.4 is 11.1 Å². The van der Waals surface area contributed by atoms with Crippen molar-refractivity contribution in [2.24, 2.45) is 0 Å². The Bertz CT molecular complexity index is 1520. The number of nitrogen functional groups attached to an aromatic ring is 1. The van der Waals surface area contributed by atoms with Gasteiger partial charge in [0.2, 0.25) is 0 Å². The zero-order valence-corrected chi connectivity index (χ0v) is 17.9. The van der Waals surface area contributed by atoms with E-state index in [0.717, 1.165) is 5.69 Å². The molecule has 5 aromatic rings. The summed E-state index contributed by atoms with van der Waals surface area (Å²) in [6.07, 6.45) is 5.19. The number of halogens is 2. The SMILES string of the molecule is CNC(=O)c1cn2c(-c3cc(Cl)c4ncc(C)n4c3)c(-c3ccc(F)cc3)nc(N)c2n1. The van der Waals surface area contributed by atoms with Crippen LogP contribution in [0, 0.1) is 12.7 Å². The van der Waals surface area contributed by atoms with Gasteiger partial charge in [-0.15, -0.1) is 0 Å². The molecule has 0 spiro atoms. The molecule has 0 aliphatic rings. The summed E-state index contributed by atoms with van der Waals surface area (Å²) >= 11 is 6.54. The lowest BCUT2D eigenvalue weighted by Crippen LogP contribution is -2.17. The van der Waals surface area contributed by atoms with Gasteiger partial charge in [-0.25, -0.2) is 19.3 Å². The van der Waals surface area contributed by atoms with Crippen LogP contribution in [0.3, 0.4) is 0 Å². The van der Waals surface area contributed by atoms with Crippen LogP contribution in [0.4, 0.5) is 10.2 Å². The van der Waals surface area contributed by atoms with Crippen molar-refractivity contribution in [2.75, 3.05) is 12.8 Å². The van der Waals surface area contributed by atoms with E-state index >= 15 is 0 Å². The second-order valence-corrected chi connectivity index (χ2v) is 7.68. The lowest BCUT2D eigenvalue weighted by Gasteiger charge is -2.14. The number of carbonyl (C=O) groups is 1. The van der Waals surface area contributed by atoms with Crippen LogP contribution >= 0.6 is 11.6 Å². The van der Waals surface area contributed by atoms with Gasteiger partial charge in [-0.1, -0.05) is 11.6 Å². The molecule has 10 heteroatoms. The molecule has 0 aliphatic carbocycles. The van der Waals surface area contributed by atoms with Crippen molar-refractivity contribution < 1.29 is 9.18 Å². The summed E-state index contributed by atoms with van der Waals surface area (Å²) in [5.74, 6) is -0.595. The average molecular weight is 450 g/mol. The molecule has 0 bridgehead atoms. The number of imidazole rings is 2. The van der Waals surface area contributed by atoms with Gasteiger partial charge < -0.3 is 15.5 Å². The summed E-state index contributed by atoms with van der Waals surface area (Å²) in [6, 6.07) is 7.70. The zero-order valence-electron chi connectivity index (χ0n) is 17.1. The van der Waals surface area contributed by atoms with Gasteiger partial charge in [-0.3, -0.25) is 9.20 Å². The summed E-state index contributed by atoms with van der Waals surface area (Å²) in [5.41, 5.74) is 10.7. The molecule has 4 aromatic heterocycles. The number of anilines is 1. The van der Waals surface area contributed by atoms with Gasteiger partial charge in [0, 0.05) is 42.5 Å². The first-order valence-corrected chi connectivity index (χ1v) is 10.1. The number of hydrogen-bond donors (Lipinski definition) is 2. The first-order chi connectivity index (χ1) is 15.4. The summed E-state index contributed by atoms with van der Waals surface area (Å²) in [6.45, 7) is 1.92. The number of benzene rings is 1. The summed E-state index contributed by atoms with van der Waals surface area (Å²) in [7, 11) is 1.52. The zero-order chi connectivity index (χ0) is 22.6. The third kappa shape index (κ3) is 3.05. The van der Waals surface area contributed by atoms with Crippen LogP contribution in [0.15, 0.2) is 48.9 Å². The van der Waals surface area contributed by atoms with Crippen LogP contribution in [-0.2, 0) is 0 Å². The van der Waals surface area contributed by atoms with E-state index in [1.165, 1.54) is 19.2 Å². The van der Waals surface area contributed by atoms with E-state index < -0.39 is 0 Å². The van der Waals surface area contributed by atoms with Gasteiger partial charge in [-0.05, 0) is 37.3 Å². The maximum atomic E-state index is 13.6. The number of nitrogens with two attached hydrogens (primary N) is 1. The van der Waals surface area contributed by atoms with E-state index in [1.54, 1.807) is 35.0 Å². The van der Waals surface area contributed by atoms with E-state index in [4.69, 9.17) is 17.3 Å². The number of aryl methyl sites for hydroxylation is 1. The van der Waals surface area contributed by atoms with Gasteiger partial charge in [0.1, 0.15) is 11.5 Å². The molecule has 3 N–H and O–H groups in total. The molecule has 0 unspecified atom stereocenters. The predicted molar refractivity (Wildman–Crippen MR) is 120 cm³/mol. The minimum absolute atomic E-state index is 0.134. The Kier molecular flexibility index (Phi) is 4.56. The standard InChI is InChI=1S/C22H17ClFN7O/c1-11-8-27-20-15(23)7-13(9-30(11)20)18-17(12-3-5-14(24)6-4-12)29-19(25)21-28-16(10-31(18)21)22(32)26-2/h3-10H,1-2H3,(H2,25,29)(H,26,32). The fourth-order valence-corrected chi connectivity index (χ4v) is 3.94. The number of nitrogens with one attached hydrogen (secondary N) is 1. The van der Waals surface area contributed by atoms with E-state index in [0.29, 0.717) is 38.8 Å². The van der Waals surface area contributed by atoms with Crippen molar-refractivity contribution in [3.63, 3.8) is 0 Å². The fraction of sp³-hybridized carbons (Fsp3) is 0.0909. The Morgan fingerprint density at radius 2 is 1.84 bits per heavy atom. The number of fused-ring (bicyclic) bond motifs is 2.